The van der Waals surface area contributed by atoms with E-state index >= 15 is 0 Å². The summed E-state index contributed by atoms with van der Waals surface area (Å²) in [4.78, 5) is 4.97. The van der Waals surface area contributed by atoms with Crippen LogP contribution in [0, 0.1) is 0 Å². The Kier molecular flexibility index (Phi) is 3.45. The Labute approximate surface area is 180 Å². The van der Waals surface area contributed by atoms with Crippen LogP contribution < -0.4 is 0 Å². The molecule has 7 heteroatoms. The first-order valence-electron chi connectivity index (χ1n) is 10.2. The second-order valence-electron chi connectivity index (χ2n) is 7.83. The van der Waals surface area contributed by atoms with Crippen molar-refractivity contribution in [3.63, 3.8) is 0 Å². The van der Waals surface area contributed by atoms with Crippen LogP contribution in [-0.4, -0.2) is 31.0 Å². The van der Waals surface area contributed by atoms with E-state index in [2.05, 4.69) is 87.4 Å². The summed E-state index contributed by atoms with van der Waals surface area (Å²) in [5.41, 5.74) is 4.42. The van der Waals surface area contributed by atoms with Gasteiger partial charge in [0.25, 0.3) is 0 Å². The molecule has 1 unspecified atom stereocenters. The molecule has 4 heterocycles. The molecule has 0 saturated heterocycles. The lowest BCUT2D eigenvalue weighted by Crippen LogP contribution is -2.20. The molecule has 0 aliphatic carbocycles. The van der Waals surface area contributed by atoms with Crippen LogP contribution in [0.4, 0.5) is 0 Å². The minimum atomic E-state index is 0.0357. The highest BCUT2D eigenvalue weighted by Crippen LogP contribution is 2.38. The summed E-state index contributed by atoms with van der Waals surface area (Å²) in [6.07, 6.45) is 2.82. The minimum Gasteiger partial charge on any atom is -0.361 e. The van der Waals surface area contributed by atoms with E-state index in [1.54, 1.807) is 4.79 Å². The highest BCUT2D eigenvalue weighted by molar-refractivity contribution is 7.25. The third-order valence-electron chi connectivity index (χ3n) is 6.11. The van der Waals surface area contributed by atoms with Gasteiger partial charge in [-0.15, -0.1) is 21.2 Å². The van der Waals surface area contributed by atoms with Gasteiger partial charge in [-0.2, -0.15) is 5.10 Å². The van der Waals surface area contributed by atoms with E-state index in [0.717, 1.165) is 29.0 Å². The molecule has 1 aliphatic rings. The van der Waals surface area contributed by atoms with Gasteiger partial charge in [0.15, 0.2) is 5.82 Å². The SMILES string of the molecule is c1ccc2c(C3CC(c4ccc5sc6ccccc6c5c4)=Nn4nnnc43)c[nH]c2c1. The van der Waals surface area contributed by atoms with Crippen LogP contribution in [0.1, 0.15) is 29.3 Å². The fraction of sp³-hybridized carbons (Fsp3) is 0.0833. The Morgan fingerprint density at radius 1 is 0.903 bits per heavy atom. The molecule has 1 atom stereocenters. The maximum absolute atomic E-state index is 4.78. The van der Waals surface area contributed by atoms with Crippen molar-refractivity contribution in [2.45, 2.75) is 12.3 Å². The molecular formula is C24H16N6S. The number of rotatable bonds is 2. The van der Waals surface area contributed by atoms with Crippen molar-refractivity contribution in [1.82, 2.24) is 25.3 Å². The number of fused-ring (bicyclic) bond motifs is 5. The van der Waals surface area contributed by atoms with Crippen molar-refractivity contribution in [1.29, 1.82) is 0 Å². The molecule has 6 aromatic rings. The fourth-order valence-corrected chi connectivity index (χ4v) is 5.71. The highest BCUT2D eigenvalue weighted by Gasteiger charge is 2.30. The predicted octanol–water partition coefficient (Wildman–Crippen LogP) is 5.31. The van der Waals surface area contributed by atoms with Crippen LogP contribution >= 0.6 is 11.3 Å². The van der Waals surface area contributed by atoms with Gasteiger partial charge in [0.05, 0.1) is 11.6 Å². The molecule has 31 heavy (non-hydrogen) atoms. The Morgan fingerprint density at radius 2 is 1.74 bits per heavy atom. The molecule has 3 aromatic heterocycles. The molecule has 0 spiro atoms. The quantitative estimate of drug-likeness (QED) is 0.413. The number of tetrazole rings is 1. The molecule has 3 aromatic carbocycles. The van der Waals surface area contributed by atoms with Crippen LogP contribution in [0.15, 0.2) is 78.0 Å². The maximum atomic E-state index is 4.78. The van der Waals surface area contributed by atoms with Crippen molar-refractivity contribution in [2.24, 2.45) is 5.10 Å². The number of nitrogens with zero attached hydrogens (tertiary/aromatic N) is 5. The summed E-state index contributed by atoms with van der Waals surface area (Å²) in [7, 11) is 0. The Bertz CT molecular complexity index is 1640. The summed E-state index contributed by atoms with van der Waals surface area (Å²) in [5, 5.41) is 20.9. The van der Waals surface area contributed by atoms with E-state index in [9.17, 15) is 0 Å². The van der Waals surface area contributed by atoms with Crippen molar-refractivity contribution in [3.05, 3.63) is 89.9 Å². The first-order chi connectivity index (χ1) is 15.3. The smallest absolute Gasteiger partial charge is 0.184 e. The summed E-state index contributed by atoms with van der Waals surface area (Å²) in [6, 6.07) is 23.5. The number of nitrogens with one attached hydrogen (secondary N) is 1. The average Bonchev–Trinajstić information content (AvgIpc) is 3.54. The van der Waals surface area contributed by atoms with Gasteiger partial charge in [-0.05, 0) is 45.8 Å². The van der Waals surface area contributed by atoms with Gasteiger partial charge in [-0.1, -0.05) is 42.5 Å². The van der Waals surface area contributed by atoms with E-state index in [4.69, 9.17) is 5.10 Å². The monoisotopic (exact) mass is 420 g/mol. The fourth-order valence-electron chi connectivity index (χ4n) is 4.62. The van der Waals surface area contributed by atoms with Crippen LogP contribution in [0.2, 0.25) is 0 Å². The van der Waals surface area contributed by atoms with Gasteiger partial charge in [-0.25, -0.2) is 0 Å². The van der Waals surface area contributed by atoms with E-state index in [0.29, 0.717) is 0 Å². The molecule has 0 amide bonds. The Morgan fingerprint density at radius 3 is 2.71 bits per heavy atom. The average molecular weight is 421 g/mol. The molecule has 0 bridgehead atoms. The first-order valence-corrected chi connectivity index (χ1v) is 11.0. The van der Waals surface area contributed by atoms with Crippen LogP contribution in [0.3, 0.4) is 0 Å². The number of hydrogen-bond acceptors (Lipinski definition) is 5. The highest BCUT2D eigenvalue weighted by atomic mass is 32.1. The number of hydrogen-bond donors (Lipinski definition) is 1. The second kappa shape index (κ2) is 6.33. The number of H-pyrrole nitrogens is 1. The molecule has 0 radical (unpaired) electrons. The van der Waals surface area contributed by atoms with E-state index in [1.807, 2.05) is 17.4 Å². The van der Waals surface area contributed by atoms with E-state index in [1.165, 1.54) is 31.1 Å². The number of thiophene rings is 1. The molecule has 7 rings (SSSR count). The Hall–Kier alpha value is -3.84. The molecule has 0 saturated carbocycles. The van der Waals surface area contributed by atoms with Gasteiger partial charge in [0, 0.05) is 43.7 Å². The lowest BCUT2D eigenvalue weighted by Gasteiger charge is -2.21. The van der Waals surface area contributed by atoms with Gasteiger partial charge >= 0.3 is 0 Å². The standard InChI is InChI=1S/C24H16N6S/c1-3-7-20-15(5-1)19(13-25-20)18-12-21(27-30-24(18)26-28-29-30)14-9-10-23-17(11-14)16-6-2-4-8-22(16)31-23/h1-11,13,18,25H,12H2. The zero-order valence-electron chi connectivity index (χ0n) is 16.4. The molecular weight excluding hydrogens is 404 g/mol. The topological polar surface area (TPSA) is 71.8 Å². The zero-order chi connectivity index (χ0) is 20.4. The van der Waals surface area contributed by atoms with Crippen LogP contribution in [0.25, 0.3) is 31.1 Å². The van der Waals surface area contributed by atoms with E-state index in [-0.39, 0.29) is 5.92 Å². The molecule has 1 aliphatic heterocycles. The van der Waals surface area contributed by atoms with Crippen molar-refractivity contribution < 1.29 is 0 Å². The van der Waals surface area contributed by atoms with Crippen LogP contribution in [-0.2, 0) is 0 Å². The lowest BCUT2D eigenvalue weighted by molar-refractivity contribution is 0.604. The number of para-hydroxylation sites is 1. The first kappa shape index (κ1) is 16.9. The minimum absolute atomic E-state index is 0.0357. The van der Waals surface area contributed by atoms with Crippen molar-refractivity contribution in [2.75, 3.05) is 0 Å². The Balaban J connectivity index is 1.39. The summed E-state index contributed by atoms with van der Waals surface area (Å²) in [6.45, 7) is 0. The number of aromatic nitrogens is 5. The largest absolute Gasteiger partial charge is 0.361 e. The molecule has 6 nitrogen and oxygen atoms in total. The summed E-state index contributed by atoms with van der Waals surface area (Å²) < 4.78 is 2.59. The predicted molar refractivity (Wildman–Crippen MR) is 124 cm³/mol. The third kappa shape index (κ3) is 2.50. The molecule has 1 N–H and O–H groups in total. The summed E-state index contributed by atoms with van der Waals surface area (Å²) >= 11 is 1.83. The summed E-state index contributed by atoms with van der Waals surface area (Å²) in [5.74, 6) is 0.809. The number of benzene rings is 3. The zero-order valence-corrected chi connectivity index (χ0v) is 17.2. The van der Waals surface area contributed by atoms with Gasteiger partial charge in [0.2, 0.25) is 0 Å². The third-order valence-corrected chi connectivity index (χ3v) is 7.26. The van der Waals surface area contributed by atoms with Crippen molar-refractivity contribution in [3.8, 4) is 0 Å². The maximum Gasteiger partial charge on any atom is 0.184 e. The van der Waals surface area contributed by atoms with Gasteiger partial charge in [-0.3, -0.25) is 0 Å². The second-order valence-corrected chi connectivity index (χ2v) is 8.91. The molecule has 0 fully saturated rings. The van der Waals surface area contributed by atoms with E-state index < -0.39 is 0 Å². The van der Waals surface area contributed by atoms with Gasteiger partial charge < -0.3 is 4.98 Å². The normalized spacial score (nSPS) is 16.1. The van der Waals surface area contributed by atoms with Crippen LogP contribution in [0.5, 0.6) is 0 Å². The number of aromatic amines is 1. The lowest BCUT2D eigenvalue weighted by atomic mass is 9.89. The van der Waals surface area contributed by atoms with Crippen molar-refractivity contribution >= 4 is 48.1 Å². The molecule has 148 valence electrons. The van der Waals surface area contributed by atoms with Gasteiger partial charge in [0.1, 0.15) is 0 Å².